The van der Waals surface area contributed by atoms with Crippen LogP contribution in [0.2, 0.25) is 0 Å². The molecule has 0 saturated carbocycles. The van der Waals surface area contributed by atoms with Gasteiger partial charge < -0.3 is 19.9 Å². The Morgan fingerprint density at radius 2 is 1.75 bits per heavy atom. The highest BCUT2D eigenvalue weighted by atomic mass is 16.5. The van der Waals surface area contributed by atoms with E-state index in [4.69, 9.17) is 19.6 Å². The summed E-state index contributed by atoms with van der Waals surface area (Å²) in [5.74, 6) is 1.43. The Bertz CT molecular complexity index is 941. The van der Waals surface area contributed by atoms with Gasteiger partial charge in [-0.1, -0.05) is 36.4 Å². The molecule has 0 aliphatic carbocycles. The van der Waals surface area contributed by atoms with Gasteiger partial charge in [-0.2, -0.15) is 0 Å². The van der Waals surface area contributed by atoms with E-state index in [1.165, 1.54) is 0 Å². The number of aromatic nitrogens is 1. The molecule has 0 bridgehead atoms. The summed E-state index contributed by atoms with van der Waals surface area (Å²) in [7, 11) is 3.30. The number of hydrogen-bond acceptors (Lipinski definition) is 5. The molecule has 0 radical (unpaired) electrons. The van der Waals surface area contributed by atoms with Crippen LogP contribution < -0.4 is 14.8 Å². The molecule has 0 amide bonds. The molecule has 2 aromatic carbocycles. The summed E-state index contributed by atoms with van der Waals surface area (Å²) >= 11 is 0. The van der Waals surface area contributed by atoms with Crippen molar-refractivity contribution >= 4 is 0 Å². The highest BCUT2D eigenvalue weighted by Crippen LogP contribution is 2.33. The highest BCUT2D eigenvalue weighted by Gasteiger charge is 2.12. The maximum Gasteiger partial charge on any atom is 0.218 e. The van der Waals surface area contributed by atoms with Gasteiger partial charge in [0.05, 0.1) is 26.5 Å². The molecule has 146 valence electrons. The van der Waals surface area contributed by atoms with Gasteiger partial charge in [0.2, 0.25) is 5.88 Å². The van der Waals surface area contributed by atoms with Crippen LogP contribution in [0.4, 0.5) is 0 Å². The molecule has 3 aromatic rings. The lowest BCUT2D eigenvalue weighted by Crippen LogP contribution is -2.18. The predicted molar refractivity (Wildman–Crippen MR) is 112 cm³/mol. The van der Waals surface area contributed by atoms with Crippen molar-refractivity contribution in [2.24, 2.45) is 0 Å². The van der Waals surface area contributed by atoms with E-state index in [1.54, 1.807) is 14.2 Å². The van der Waals surface area contributed by atoms with Crippen molar-refractivity contribution < 1.29 is 14.6 Å². The molecule has 0 aliphatic heterocycles. The van der Waals surface area contributed by atoms with Gasteiger partial charge in [0.25, 0.3) is 0 Å². The summed E-state index contributed by atoms with van der Waals surface area (Å²) in [6.07, 6.45) is 0. The van der Waals surface area contributed by atoms with Crippen LogP contribution >= 0.6 is 0 Å². The number of hydrogen-bond donors (Lipinski definition) is 2. The van der Waals surface area contributed by atoms with E-state index in [0.29, 0.717) is 19.0 Å². The number of ether oxygens (including phenoxy) is 2. The third-order valence-corrected chi connectivity index (χ3v) is 4.73. The van der Waals surface area contributed by atoms with Crippen molar-refractivity contribution in [1.29, 1.82) is 0 Å². The Balaban J connectivity index is 1.98. The summed E-state index contributed by atoms with van der Waals surface area (Å²) < 4.78 is 10.9. The Morgan fingerprint density at radius 1 is 0.964 bits per heavy atom. The number of nitrogens with zero attached hydrogens (tertiary/aromatic N) is 1. The fourth-order valence-corrected chi connectivity index (χ4v) is 3.25. The molecular formula is C23H26N2O3. The summed E-state index contributed by atoms with van der Waals surface area (Å²) in [5, 5.41) is 12.1. The number of rotatable bonds is 8. The van der Waals surface area contributed by atoms with E-state index in [2.05, 4.69) is 30.4 Å². The zero-order valence-corrected chi connectivity index (χ0v) is 16.5. The second kappa shape index (κ2) is 9.35. The zero-order chi connectivity index (χ0) is 19.9. The molecule has 5 heteroatoms. The Labute approximate surface area is 166 Å². The molecule has 1 aromatic heterocycles. The summed E-state index contributed by atoms with van der Waals surface area (Å²) in [4.78, 5) is 4.72. The standard InChI is InChI=1S/C23H26N2O3/c1-16-20(17-6-4-7-19(14-17)27-2)8-5-9-21(16)22-11-10-18(15-24-12-13-26)23(25-22)28-3/h4-11,14,24,26H,12-13,15H2,1-3H3. The van der Waals surface area contributed by atoms with E-state index < -0.39 is 0 Å². The fourth-order valence-electron chi connectivity index (χ4n) is 3.25. The summed E-state index contributed by atoms with van der Waals surface area (Å²) in [5.41, 5.74) is 6.29. The molecule has 0 spiro atoms. The minimum atomic E-state index is 0.101. The van der Waals surface area contributed by atoms with E-state index >= 15 is 0 Å². The van der Waals surface area contributed by atoms with Crippen molar-refractivity contribution in [2.45, 2.75) is 13.5 Å². The van der Waals surface area contributed by atoms with Crippen LogP contribution in [-0.4, -0.2) is 37.5 Å². The minimum Gasteiger partial charge on any atom is -0.497 e. The fraction of sp³-hybridized carbons (Fsp3) is 0.261. The van der Waals surface area contributed by atoms with E-state index in [9.17, 15) is 0 Å². The summed E-state index contributed by atoms with van der Waals surface area (Å²) in [6, 6.07) is 18.3. The summed E-state index contributed by atoms with van der Waals surface area (Å²) in [6.45, 7) is 3.34. The molecule has 0 unspecified atom stereocenters. The van der Waals surface area contributed by atoms with Crippen molar-refractivity contribution in [3.05, 3.63) is 65.7 Å². The van der Waals surface area contributed by atoms with Gasteiger partial charge in [0, 0.05) is 24.2 Å². The van der Waals surface area contributed by atoms with Crippen molar-refractivity contribution in [1.82, 2.24) is 10.3 Å². The lowest BCUT2D eigenvalue weighted by molar-refractivity contribution is 0.291. The van der Waals surface area contributed by atoms with Crippen LogP contribution in [0.25, 0.3) is 22.4 Å². The van der Waals surface area contributed by atoms with Crippen LogP contribution in [0.15, 0.2) is 54.6 Å². The number of nitrogens with one attached hydrogen (secondary N) is 1. The first kappa shape index (κ1) is 19.9. The Morgan fingerprint density at radius 3 is 2.50 bits per heavy atom. The Kier molecular flexibility index (Phi) is 6.63. The van der Waals surface area contributed by atoms with E-state index in [1.807, 2.05) is 36.4 Å². The normalized spacial score (nSPS) is 10.7. The monoisotopic (exact) mass is 378 g/mol. The molecule has 28 heavy (non-hydrogen) atoms. The van der Waals surface area contributed by atoms with Crippen LogP contribution in [0.5, 0.6) is 11.6 Å². The van der Waals surface area contributed by atoms with E-state index in [0.717, 1.165) is 39.3 Å². The minimum absolute atomic E-state index is 0.101. The van der Waals surface area contributed by atoms with Crippen molar-refractivity contribution in [3.8, 4) is 34.0 Å². The van der Waals surface area contributed by atoms with Gasteiger partial charge in [-0.15, -0.1) is 0 Å². The molecule has 0 fully saturated rings. The molecule has 0 atom stereocenters. The molecule has 0 aliphatic rings. The second-order valence-corrected chi connectivity index (χ2v) is 6.48. The first-order chi connectivity index (χ1) is 13.7. The molecular weight excluding hydrogens is 352 g/mol. The third-order valence-electron chi connectivity index (χ3n) is 4.73. The number of aliphatic hydroxyl groups is 1. The van der Waals surface area contributed by atoms with Gasteiger partial charge in [-0.25, -0.2) is 4.98 Å². The largest absolute Gasteiger partial charge is 0.497 e. The number of aliphatic hydroxyl groups excluding tert-OH is 1. The van der Waals surface area contributed by atoms with E-state index in [-0.39, 0.29) is 6.61 Å². The number of methoxy groups -OCH3 is 2. The molecule has 2 N–H and O–H groups in total. The van der Waals surface area contributed by atoms with Gasteiger partial charge in [0.15, 0.2) is 0 Å². The lowest BCUT2D eigenvalue weighted by atomic mass is 9.94. The van der Waals surface area contributed by atoms with Crippen LogP contribution in [0.1, 0.15) is 11.1 Å². The van der Waals surface area contributed by atoms with Gasteiger partial charge in [0.1, 0.15) is 5.75 Å². The van der Waals surface area contributed by atoms with Crippen LogP contribution in [0.3, 0.4) is 0 Å². The third kappa shape index (κ3) is 4.32. The van der Waals surface area contributed by atoms with Crippen LogP contribution in [0, 0.1) is 6.92 Å². The maximum absolute atomic E-state index is 8.93. The molecule has 0 saturated heterocycles. The average molecular weight is 378 g/mol. The van der Waals surface area contributed by atoms with Gasteiger partial charge in [-0.3, -0.25) is 0 Å². The molecule has 5 nitrogen and oxygen atoms in total. The average Bonchev–Trinajstić information content (AvgIpc) is 2.74. The number of benzene rings is 2. The zero-order valence-electron chi connectivity index (χ0n) is 16.5. The lowest BCUT2D eigenvalue weighted by Gasteiger charge is -2.14. The molecule has 3 rings (SSSR count). The first-order valence-electron chi connectivity index (χ1n) is 9.27. The molecule has 1 heterocycles. The first-order valence-corrected chi connectivity index (χ1v) is 9.27. The maximum atomic E-state index is 8.93. The topological polar surface area (TPSA) is 63.6 Å². The second-order valence-electron chi connectivity index (χ2n) is 6.48. The highest BCUT2D eigenvalue weighted by molar-refractivity contribution is 5.77. The van der Waals surface area contributed by atoms with Crippen LogP contribution in [-0.2, 0) is 6.54 Å². The van der Waals surface area contributed by atoms with Gasteiger partial charge >= 0.3 is 0 Å². The predicted octanol–water partition coefficient (Wildman–Crippen LogP) is 3.82. The van der Waals surface area contributed by atoms with Crippen molar-refractivity contribution in [2.75, 3.05) is 27.4 Å². The Hall–Kier alpha value is -2.89. The number of pyridine rings is 1. The van der Waals surface area contributed by atoms with Gasteiger partial charge in [-0.05, 0) is 41.8 Å². The smallest absolute Gasteiger partial charge is 0.218 e. The van der Waals surface area contributed by atoms with Crippen molar-refractivity contribution in [3.63, 3.8) is 0 Å². The quantitative estimate of drug-likeness (QED) is 0.584. The SMILES string of the molecule is COc1cccc(-c2cccc(-c3ccc(CNCCO)c(OC)n3)c2C)c1.